The van der Waals surface area contributed by atoms with Gasteiger partial charge < -0.3 is 10.2 Å². The third kappa shape index (κ3) is 2.07. The second kappa shape index (κ2) is 4.49. The van der Waals surface area contributed by atoms with Crippen LogP contribution >= 0.6 is 0 Å². The van der Waals surface area contributed by atoms with Gasteiger partial charge in [0.2, 0.25) is 5.95 Å². The quantitative estimate of drug-likeness (QED) is 0.738. The Bertz CT molecular complexity index is 462. The van der Waals surface area contributed by atoms with E-state index in [4.69, 9.17) is 0 Å². The minimum atomic E-state index is 0.0528. The van der Waals surface area contributed by atoms with Crippen LogP contribution in [-0.2, 0) is 13.0 Å². The fourth-order valence-corrected chi connectivity index (χ4v) is 2.61. The average Bonchev–Trinajstić information content (AvgIpc) is 2.40. The molecule has 3 rings (SSSR count). The molecule has 5 nitrogen and oxygen atoms in total. The van der Waals surface area contributed by atoms with E-state index in [2.05, 4.69) is 20.2 Å². The molecular weight excluding hydrogens is 216 g/mol. The number of nitrogens with zero attached hydrogens (tertiary/aromatic N) is 2. The van der Waals surface area contributed by atoms with Crippen LogP contribution in [0.25, 0.3) is 0 Å². The van der Waals surface area contributed by atoms with Crippen molar-refractivity contribution in [2.45, 2.75) is 32.2 Å². The molecule has 0 atom stereocenters. The fraction of sp³-hybridized carbons (Fsp3) is 0.667. The molecule has 0 unspecified atom stereocenters. The number of fused-ring (bicyclic) bond motifs is 1. The Morgan fingerprint density at radius 2 is 2.00 bits per heavy atom. The zero-order chi connectivity index (χ0) is 11.7. The van der Waals surface area contributed by atoms with E-state index in [1.807, 2.05) is 0 Å². The highest BCUT2D eigenvalue weighted by Crippen LogP contribution is 2.16. The number of nitrogens with one attached hydrogen (secondary N) is 2. The zero-order valence-electron chi connectivity index (χ0n) is 9.96. The van der Waals surface area contributed by atoms with Crippen LogP contribution in [-0.4, -0.2) is 29.6 Å². The molecule has 0 amide bonds. The van der Waals surface area contributed by atoms with Gasteiger partial charge in [0.1, 0.15) is 0 Å². The standard InChI is InChI=1S/C12H18N4O/c17-11-9-4-5-13-8-10(9)14-12(15-11)16-6-2-1-3-7-16/h13H,1-8H2,(H,14,15,17). The maximum atomic E-state index is 12.0. The van der Waals surface area contributed by atoms with Crippen LogP contribution in [0.1, 0.15) is 30.5 Å². The lowest BCUT2D eigenvalue weighted by atomic mass is 10.1. The van der Waals surface area contributed by atoms with Gasteiger partial charge >= 0.3 is 0 Å². The average molecular weight is 234 g/mol. The summed E-state index contributed by atoms with van der Waals surface area (Å²) in [5.74, 6) is 0.761. The second-order valence-electron chi connectivity index (χ2n) is 4.79. The molecule has 0 saturated carbocycles. The van der Waals surface area contributed by atoms with Gasteiger partial charge in [-0.25, -0.2) is 4.98 Å². The maximum Gasteiger partial charge on any atom is 0.255 e. The largest absolute Gasteiger partial charge is 0.342 e. The van der Waals surface area contributed by atoms with Crippen molar-refractivity contribution in [1.29, 1.82) is 0 Å². The van der Waals surface area contributed by atoms with E-state index in [9.17, 15) is 4.79 Å². The highest BCUT2D eigenvalue weighted by Gasteiger charge is 2.18. The van der Waals surface area contributed by atoms with E-state index in [-0.39, 0.29) is 5.56 Å². The van der Waals surface area contributed by atoms with Crippen molar-refractivity contribution in [2.75, 3.05) is 24.5 Å². The highest BCUT2D eigenvalue weighted by molar-refractivity contribution is 5.34. The smallest absolute Gasteiger partial charge is 0.255 e. The Labute approximate surface area is 100 Å². The van der Waals surface area contributed by atoms with E-state index in [0.717, 1.165) is 49.8 Å². The van der Waals surface area contributed by atoms with Gasteiger partial charge in [0.15, 0.2) is 0 Å². The zero-order valence-corrected chi connectivity index (χ0v) is 9.96. The monoisotopic (exact) mass is 234 g/mol. The number of anilines is 1. The van der Waals surface area contributed by atoms with E-state index in [1.54, 1.807) is 0 Å². The van der Waals surface area contributed by atoms with E-state index < -0.39 is 0 Å². The van der Waals surface area contributed by atoms with Crippen molar-refractivity contribution in [3.05, 3.63) is 21.6 Å². The van der Waals surface area contributed by atoms with Gasteiger partial charge in [0, 0.05) is 25.2 Å². The summed E-state index contributed by atoms with van der Waals surface area (Å²) in [6.45, 7) is 3.62. The summed E-state index contributed by atoms with van der Waals surface area (Å²) in [5, 5.41) is 3.26. The SMILES string of the molecule is O=c1[nH]c(N2CCCCC2)nc2c1CCNC2. The first kappa shape index (κ1) is 10.8. The minimum absolute atomic E-state index is 0.0528. The van der Waals surface area contributed by atoms with Crippen LogP contribution in [0.3, 0.4) is 0 Å². The molecule has 1 fully saturated rings. The summed E-state index contributed by atoms with van der Waals surface area (Å²) >= 11 is 0. The van der Waals surface area contributed by atoms with Crippen LogP contribution in [0.4, 0.5) is 5.95 Å². The number of aromatic nitrogens is 2. The Balaban J connectivity index is 1.95. The second-order valence-corrected chi connectivity index (χ2v) is 4.79. The minimum Gasteiger partial charge on any atom is -0.342 e. The molecule has 0 aliphatic carbocycles. The van der Waals surface area contributed by atoms with Gasteiger partial charge in [0.05, 0.1) is 5.69 Å². The first-order chi connectivity index (χ1) is 8.34. The molecule has 1 saturated heterocycles. The summed E-state index contributed by atoms with van der Waals surface area (Å²) in [6, 6.07) is 0. The predicted molar refractivity (Wildman–Crippen MR) is 66.3 cm³/mol. The van der Waals surface area contributed by atoms with Crippen molar-refractivity contribution >= 4 is 5.95 Å². The van der Waals surface area contributed by atoms with Crippen molar-refractivity contribution in [3.63, 3.8) is 0 Å². The molecular formula is C12H18N4O. The number of piperidine rings is 1. The fourth-order valence-electron chi connectivity index (χ4n) is 2.61. The lowest BCUT2D eigenvalue weighted by molar-refractivity contribution is 0.560. The molecule has 17 heavy (non-hydrogen) atoms. The number of hydrogen-bond acceptors (Lipinski definition) is 4. The van der Waals surface area contributed by atoms with Gasteiger partial charge in [0.25, 0.3) is 5.56 Å². The molecule has 5 heteroatoms. The summed E-state index contributed by atoms with van der Waals surface area (Å²) in [4.78, 5) is 21.7. The third-order valence-electron chi connectivity index (χ3n) is 3.59. The summed E-state index contributed by atoms with van der Waals surface area (Å²) < 4.78 is 0. The van der Waals surface area contributed by atoms with Gasteiger partial charge in [-0.15, -0.1) is 0 Å². The number of aromatic amines is 1. The van der Waals surface area contributed by atoms with Crippen molar-refractivity contribution in [1.82, 2.24) is 15.3 Å². The number of H-pyrrole nitrogens is 1. The highest BCUT2D eigenvalue weighted by atomic mass is 16.1. The topological polar surface area (TPSA) is 61.0 Å². The molecule has 3 heterocycles. The van der Waals surface area contributed by atoms with Crippen LogP contribution < -0.4 is 15.8 Å². The van der Waals surface area contributed by atoms with Crippen molar-refractivity contribution in [3.8, 4) is 0 Å². The van der Waals surface area contributed by atoms with Crippen LogP contribution in [0.2, 0.25) is 0 Å². The molecule has 0 spiro atoms. The molecule has 1 aromatic rings. The Kier molecular flexibility index (Phi) is 2.84. The van der Waals surface area contributed by atoms with Gasteiger partial charge in [-0.1, -0.05) is 0 Å². The predicted octanol–water partition coefficient (Wildman–Crippen LogP) is 0.406. The molecule has 1 aromatic heterocycles. The van der Waals surface area contributed by atoms with Crippen molar-refractivity contribution in [2.24, 2.45) is 0 Å². The third-order valence-corrected chi connectivity index (χ3v) is 3.59. The van der Waals surface area contributed by atoms with Crippen LogP contribution in [0.5, 0.6) is 0 Å². The van der Waals surface area contributed by atoms with E-state index in [0.29, 0.717) is 0 Å². The van der Waals surface area contributed by atoms with Crippen LogP contribution in [0.15, 0.2) is 4.79 Å². The van der Waals surface area contributed by atoms with Crippen molar-refractivity contribution < 1.29 is 0 Å². The van der Waals surface area contributed by atoms with Gasteiger partial charge in [-0.05, 0) is 32.2 Å². The molecule has 2 aliphatic rings. The lowest BCUT2D eigenvalue weighted by Crippen LogP contribution is -2.36. The number of hydrogen-bond donors (Lipinski definition) is 2. The van der Waals surface area contributed by atoms with Gasteiger partial charge in [-0.2, -0.15) is 0 Å². The molecule has 0 bridgehead atoms. The molecule has 2 aliphatic heterocycles. The maximum absolute atomic E-state index is 12.0. The Morgan fingerprint density at radius 3 is 2.82 bits per heavy atom. The summed E-state index contributed by atoms with van der Waals surface area (Å²) in [5.41, 5.74) is 1.85. The van der Waals surface area contributed by atoms with Gasteiger partial charge in [-0.3, -0.25) is 9.78 Å². The van der Waals surface area contributed by atoms with Crippen LogP contribution in [0, 0.1) is 0 Å². The Morgan fingerprint density at radius 1 is 1.18 bits per heavy atom. The lowest BCUT2D eigenvalue weighted by Gasteiger charge is -2.28. The normalized spacial score (nSPS) is 20.1. The first-order valence-corrected chi connectivity index (χ1v) is 6.42. The molecule has 0 radical (unpaired) electrons. The summed E-state index contributed by atoms with van der Waals surface area (Å²) in [7, 11) is 0. The van der Waals surface area contributed by atoms with E-state index >= 15 is 0 Å². The Hall–Kier alpha value is -1.36. The first-order valence-electron chi connectivity index (χ1n) is 6.42. The molecule has 2 N–H and O–H groups in total. The van der Waals surface area contributed by atoms with E-state index in [1.165, 1.54) is 19.3 Å². The molecule has 92 valence electrons. The summed E-state index contributed by atoms with van der Waals surface area (Å²) in [6.07, 6.45) is 4.46. The molecule has 0 aromatic carbocycles. The number of rotatable bonds is 1.